The fourth-order valence-electron chi connectivity index (χ4n) is 4.37. The molecule has 0 aliphatic carbocycles. The fraction of sp³-hybridized carbons (Fsp3) is 0.476. The van der Waals surface area contributed by atoms with E-state index < -0.39 is 5.41 Å². The number of likely N-dealkylation sites (tertiary alicyclic amines) is 1. The Kier molecular flexibility index (Phi) is 5.25. The van der Waals surface area contributed by atoms with Gasteiger partial charge < -0.3 is 19.3 Å². The van der Waals surface area contributed by atoms with Crippen molar-refractivity contribution in [2.75, 3.05) is 38.8 Å². The van der Waals surface area contributed by atoms with Crippen molar-refractivity contribution in [1.82, 2.24) is 14.9 Å². The van der Waals surface area contributed by atoms with E-state index >= 15 is 0 Å². The Labute approximate surface area is 169 Å². The monoisotopic (exact) mass is 400 g/mol. The average molecular weight is 400 g/mol. The molecule has 0 bridgehead atoms. The third-order valence-electron chi connectivity index (χ3n) is 5.95. The number of benzene rings is 1. The predicted octanol–water partition coefficient (Wildman–Crippen LogP) is 2.65. The quantitative estimate of drug-likeness (QED) is 0.769. The maximum Gasteiger partial charge on any atom is 0.230 e. The summed E-state index contributed by atoms with van der Waals surface area (Å²) in [6.07, 6.45) is 3.97. The van der Waals surface area contributed by atoms with E-state index in [1.807, 2.05) is 0 Å². The van der Waals surface area contributed by atoms with Gasteiger partial charge >= 0.3 is 0 Å². The van der Waals surface area contributed by atoms with Crippen LogP contribution in [0.5, 0.6) is 11.6 Å². The van der Waals surface area contributed by atoms with Crippen molar-refractivity contribution in [3.8, 4) is 11.6 Å². The molecule has 2 aliphatic heterocycles. The van der Waals surface area contributed by atoms with Crippen LogP contribution in [0, 0.1) is 11.2 Å². The topological polar surface area (TPSA) is 67.8 Å². The number of hydrogen-bond donors (Lipinski definition) is 0. The van der Waals surface area contributed by atoms with Gasteiger partial charge in [-0.3, -0.25) is 4.79 Å². The molecule has 0 saturated carbocycles. The summed E-state index contributed by atoms with van der Waals surface area (Å²) in [5, 5.41) is 0. The summed E-state index contributed by atoms with van der Waals surface area (Å²) in [6.45, 7) is 2.24. The van der Waals surface area contributed by atoms with Crippen LogP contribution >= 0.6 is 0 Å². The zero-order valence-electron chi connectivity index (χ0n) is 16.7. The molecule has 0 N–H and O–H groups in total. The molecule has 1 aromatic carbocycles. The van der Waals surface area contributed by atoms with Crippen LogP contribution in [0.3, 0.4) is 0 Å². The van der Waals surface area contributed by atoms with Crippen molar-refractivity contribution in [3.63, 3.8) is 0 Å². The molecule has 1 aromatic heterocycles. The fourth-order valence-corrected chi connectivity index (χ4v) is 4.37. The highest BCUT2D eigenvalue weighted by Crippen LogP contribution is 2.42. The molecule has 4 rings (SSSR count). The summed E-state index contributed by atoms with van der Waals surface area (Å²) >= 11 is 0. The largest absolute Gasteiger partial charge is 0.497 e. The molecule has 2 fully saturated rings. The highest BCUT2D eigenvalue weighted by atomic mass is 19.1. The average Bonchev–Trinajstić information content (AvgIpc) is 3.18. The molecule has 0 unspecified atom stereocenters. The first-order chi connectivity index (χ1) is 14.0. The first kappa shape index (κ1) is 19.4. The first-order valence-corrected chi connectivity index (χ1v) is 9.77. The zero-order valence-corrected chi connectivity index (χ0v) is 16.7. The lowest BCUT2D eigenvalue weighted by Crippen LogP contribution is -2.49. The molecule has 2 aromatic rings. The van der Waals surface area contributed by atoms with Gasteiger partial charge in [0.05, 0.1) is 19.6 Å². The molecule has 1 spiro atoms. The molecule has 1 amide bonds. The molecule has 7 nitrogen and oxygen atoms in total. The minimum atomic E-state index is -0.453. The lowest BCUT2D eigenvalue weighted by molar-refractivity contribution is -0.145. The Morgan fingerprint density at radius 1 is 1.14 bits per heavy atom. The van der Waals surface area contributed by atoms with Crippen LogP contribution in [0.1, 0.15) is 24.8 Å². The predicted molar refractivity (Wildman–Crippen MR) is 105 cm³/mol. The number of aromatic nitrogens is 2. The van der Waals surface area contributed by atoms with Gasteiger partial charge in [-0.1, -0.05) is 0 Å². The Bertz CT molecular complexity index is 909. The highest BCUT2D eigenvalue weighted by molar-refractivity contribution is 5.85. The summed E-state index contributed by atoms with van der Waals surface area (Å²) in [5.74, 6) is 1.62. The minimum absolute atomic E-state index is 0.0921. The Hall–Kier alpha value is -2.90. The molecule has 29 heavy (non-hydrogen) atoms. The van der Waals surface area contributed by atoms with E-state index in [9.17, 15) is 9.18 Å². The van der Waals surface area contributed by atoms with E-state index in [1.54, 1.807) is 37.3 Å². The van der Waals surface area contributed by atoms with Crippen LogP contribution in [0.25, 0.3) is 0 Å². The van der Waals surface area contributed by atoms with Gasteiger partial charge in [0, 0.05) is 37.8 Å². The van der Waals surface area contributed by atoms with Gasteiger partial charge in [-0.2, -0.15) is 0 Å². The number of piperidine rings is 1. The SMILES string of the molecule is COc1ccc(F)c(CN2CCC[C@]3(CCN(c4cc(OC)ncn4)C3)C2=O)c1. The lowest BCUT2D eigenvalue weighted by Gasteiger charge is -2.39. The van der Waals surface area contributed by atoms with Crippen LogP contribution in [0.4, 0.5) is 10.2 Å². The number of ether oxygens (including phenoxy) is 2. The number of hydrogen-bond acceptors (Lipinski definition) is 6. The van der Waals surface area contributed by atoms with E-state index in [1.165, 1.54) is 12.4 Å². The standard InChI is InChI=1S/C21H25FN4O3/c1-28-16-4-5-17(22)15(10-16)12-25-8-3-6-21(20(25)27)7-9-26(13-21)18-11-19(29-2)24-14-23-18/h4-5,10-11,14H,3,6-9,12-13H2,1-2H3/t21-/m1/s1. The molecule has 3 heterocycles. The van der Waals surface area contributed by atoms with E-state index in [-0.39, 0.29) is 18.3 Å². The third-order valence-corrected chi connectivity index (χ3v) is 5.95. The van der Waals surface area contributed by atoms with Crippen molar-refractivity contribution in [1.29, 1.82) is 0 Å². The van der Waals surface area contributed by atoms with Crippen LogP contribution in [-0.2, 0) is 11.3 Å². The molecule has 8 heteroatoms. The van der Waals surface area contributed by atoms with Crippen molar-refractivity contribution < 1.29 is 18.7 Å². The number of amides is 1. The second-order valence-electron chi connectivity index (χ2n) is 7.66. The number of methoxy groups -OCH3 is 2. The van der Waals surface area contributed by atoms with Gasteiger partial charge in [0.15, 0.2) is 0 Å². The number of anilines is 1. The summed E-state index contributed by atoms with van der Waals surface area (Å²) in [6, 6.07) is 6.43. The Balaban J connectivity index is 1.51. The van der Waals surface area contributed by atoms with E-state index in [2.05, 4.69) is 14.9 Å². The number of halogens is 1. The van der Waals surface area contributed by atoms with Crippen molar-refractivity contribution in [2.24, 2.45) is 5.41 Å². The van der Waals surface area contributed by atoms with Gasteiger partial charge in [-0.05, 0) is 37.5 Å². The van der Waals surface area contributed by atoms with Gasteiger partial charge in [-0.15, -0.1) is 0 Å². The molecule has 2 saturated heterocycles. The maximum absolute atomic E-state index is 14.3. The zero-order chi connectivity index (χ0) is 20.4. The summed E-state index contributed by atoms with van der Waals surface area (Å²) in [4.78, 5) is 25.7. The van der Waals surface area contributed by atoms with Crippen LogP contribution in [-0.4, -0.2) is 54.6 Å². The lowest BCUT2D eigenvalue weighted by atomic mass is 9.78. The summed E-state index contributed by atoms with van der Waals surface area (Å²) < 4.78 is 24.7. The van der Waals surface area contributed by atoms with Crippen molar-refractivity contribution in [2.45, 2.75) is 25.8 Å². The molecule has 1 atom stereocenters. The van der Waals surface area contributed by atoms with Gasteiger partial charge in [-0.25, -0.2) is 14.4 Å². The number of rotatable bonds is 5. The molecule has 154 valence electrons. The highest BCUT2D eigenvalue weighted by Gasteiger charge is 2.48. The number of carbonyl (C=O) groups is 1. The normalized spacial score (nSPS) is 21.7. The third kappa shape index (κ3) is 3.71. The van der Waals surface area contributed by atoms with Crippen LogP contribution in [0.15, 0.2) is 30.6 Å². The van der Waals surface area contributed by atoms with Gasteiger partial charge in [0.2, 0.25) is 11.8 Å². The Morgan fingerprint density at radius 2 is 2.00 bits per heavy atom. The Morgan fingerprint density at radius 3 is 2.79 bits per heavy atom. The van der Waals surface area contributed by atoms with E-state index in [4.69, 9.17) is 9.47 Å². The number of carbonyl (C=O) groups excluding carboxylic acids is 1. The van der Waals surface area contributed by atoms with Gasteiger partial charge in [0.1, 0.15) is 23.7 Å². The summed E-state index contributed by atoms with van der Waals surface area (Å²) in [5.41, 5.74) is 0.0244. The second kappa shape index (κ2) is 7.85. The van der Waals surface area contributed by atoms with Crippen LogP contribution in [0.2, 0.25) is 0 Å². The molecule has 2 aliphatic rings. The molecular weight excluding hydrogens is 375 g/mol. The maximum atomic E-state index is 14.3. The van der Waals surface area contributed by atoms with E-state index in [0.717, 1.165) is 31.6 Å². The van der Waals surface area contributed by atoms with Gasteiger partial charge in [0.25, 0.3) is 0 Å². The molecule has 0 radical (unpaired) electrons. The molecular formula is C21H25FN4O3. The van der Waals surface area contributed by atoms with E-state index in [0.29, 0.717) is 30.3 Å². The second-order valence-corrected chi connectivity index (χ2v) is 7.66. The van der Waals surface area contributed by atoms with Crippen molar-refractivity contribution in [3.05, 3.63) is 42.0 Å². The van der Waals surface area contributed by atoms with Crippen LogP contribution < -0.4 is 14.4 Å². The smallest absolute Gasteiger partial charge is 0.230 e. The summed E-state index contributed by atoms with van der Waals surface area (Å²) in [7, 11) is 3.12. The van der Waals surface area contributed by atoms with Crippen molar-refractivity contribution >= 4 is 11.7 Å². The number of nitrogens with zero attached hydrogens (tertiary/aromatic N) is 4. The minimum Gasteiger partial charge on any atom is -0.497 e. The first-order valence-electron chi connectivity index (χ1n) is 9.77.